The summed E-state index contributed by atoms with van der Waals surface area (Å²) in [5, 5.41) is 2.97. The van der Waals surface area contributed by atoms with Crippen LogP contribution >= 0.6 is 0 Å². The highest BCUT2D eigenvalue weighted by atomic mass is 16.5. The van der Waals surface area contributed by atoms with Crippen LogP contribution in [0.2, 0.25) is 0 Å². The van der Waals surface area contributed by atoms with Gasteiger partial charge in [0.25, 0.3) is 0 Å². The van der Waals surface area contributed by atoms with Gasteiger partial charge >= 0.3 is 0 Å². The van der Waals surface area contributed by atoms with E-state index in [1.54, 1.807) is 7.11 Å². The van der Waals surface area contributed by atoms with Gasteiger partial charge in [-0.2, -0.15) is 0 Å². The molecule has 18 heavy (non-hydrogen) atoms. The number of nitrogen functional groups attached to an aromatic ring is 1. The van der Waals surface area contributed by atoms with Gasteiger partial charge in [0.05, 0.1) is 12.8 Å². The third-order valence-electron chi connectivity index (χ3n) is 3.49. The van der Waals surface area contributed by atoms with Crippen molar-refractivity contribution in [3.63, 3.8) is 0 Å². The van der Waals surface area contributed by atoms with Gasteiger partial charge in [0, 0.05) is 12.5 Å². The van der Waals surface area contributed by atoms with Gasteiger partial charge in [-0.25, -0.2) is 0 Å². The maximum Gasteiger partial charge on any atom is 0.223 e. The molecular weight excluding hydrogens is 228 g/mol. The van der Waals surface area contributed by atoms with Crippen LogP contribution in [0.4, 0.5) is 5.69 Å². The summed E-state index contributed by atoms with van der Waals surface area (Å²) < 4.78 is 5.09. The predicted octanol–water partition coefficient (Wildman–Crippen LogP) is 2.08. The van der Waals surface area contributed by atoms with Crippen molar-refractivity contribution >= 4 is 11.6 Å². The first-order valence-corrected chi connectivity index (χ1v) is 6.41. The quantitative estimate of drug-likeness (QED) is 0.802. The van der Waals surface area contributed by atoms with E-state index in [1.807, 2.05) is 18.2 Å². The largest absolute Gasteiger partial charge is 0.495 e. The standard InChI is InChI=1S/C14H20N2O2/c1-18-13-7-6-10(8-12(13)15)9-16-14(17)11-4-2-3-5-11/h6-8,11H,2-5,9,15H2,1H3,(H,16,17). The summed E-state index contributed by atoms with van der Waals surface area (Å²) in [5.74, 6) is 1.04. The summed E-state index contributed by atoms with van der Waals surface area (Å²) in [4.78, 5) is 11.9. The number of benzene rings is 1. The topological polar surface area (TPSA) is 64.3 Å². The molecule has 1 amide bonds. The molecule has 98 valence electrons. The number of rotatable bonds is 4. The zero-order valence-electron chi connectivity index (χ0n) is 10.7. The second-order valence-corrected chi connectivity index (χ2v) is 4.78. The third-order valence-corrected chi connectivity index (χ3v) is 3.49. The lowest BCUT2D eigenvalue weighted by molar-refractivity contribution is -0.124. The molecule has 1 fully saturated rings. The number of anilines is 1. The Kier molecular flexibility index (Phi) is 4.07. The fourth-order valence-corrected chi connectivity index (χ4v) is 2.42. The molecule has 0 spiro atoms. The van der Waals surface area contributed by atoms with Gasteiger partial charge in [-0.05, 0) is 30.5 Å². The van der Waals surface area contributed by atoms with Crippen LogP contribution in [0.15, 0.2) is 18.2 Å². The molecule has 0 bridgehead atoms. The van der Waals surface area contributed by atoms with Crippen LogP contribution in [-0.4, -0.2) is 13.0 Å². The van der Waals surface area contributed by atoms with Crippen molar-refractivity contribution in [2.24, 2.45) is 5.92 Å². The van der Waals surface area contributed by atoms with Crippen molar-refractivity contribution in [3.05, 3.63) is 23.8 Å². The summed E-state index contributed by atoms with van der Waals surface area (Å²) in [6.07, 6.45) is 4.40. The number of ether oxygens (including phenoxy) is 1. The maximum atomic E-state index is 11.9. The zero-order chi connectivity index (χ0) is 13.0. The maximum absolute atomic E-state index is 11.9. The lowest BCUT2D eigenvalue weighted by Gasteiger charge is -2.11. The van der Waals surface area contributed by atoms with Crippen LogP contribution in [-0.2, 0) is 11.3 Å². The van der Waals surface area contributed by atoms with E-state index in [0.29, 0.717) is 18.0 Å². The van der Waals surface area contributed by atoms with Gasteiger partial charge in [0.2, 0.25) is 5.91 Å². The van der Waals surface area contributed by atoms with Gasteiger partial charge in [-0.3, -0.25) is 4.79 Å². The van der Waals surface area contributed by atoms with E-state index in [9.17, 15) is 4.79 Å². The molecule has 0 saturated heterocycles. The summed E-state index contributed by atoms with van der Waals surface area (Å²) >= 11 is 0. The van der Waals surface area contributed by atoms with Gasteiger partial charge in [-0.15, -0.1) is 0 Å². The Hall–Kier alpha value is -1.71. The number of hydrogen-bond acceptors (Lipinski definition) is 3. The van der Waals surface area contributed by atoms with Crippen LogP contribution in [0.5, 0.6) is 5.75 Å². The summed E-state index contributed by atoms with van der Waals surface area (Å²) in [7, 11) is 1.59. The Bertz CT molecular complexity index is 426. The van der Waals surface area contributed by atoms with Crippen molar-refractivity contribution < 1.29 is 9.53 Å². The van der Waals surface area contributed by atoms with Crippen molar-refractivity contribution in [2.45, 2.75) is 32.2 Å². The SMILES string of the molecule is COc1ccc(CNC(=O)C2CCCC2)cc1N. The smallest absolute Gasteiger partial charge is 0.223 e. The number of nitrogens with two attached hydrogens (primary N) is 1. The fraction of sp³-hybridized carbons (Fsp3) is 0.500. The molecule has 0 heterocycles. The molecule has 1 aliphatic rings. The lowest BCUT2D eigenvalue weighted by atomic mass is 10.1. The van der Waals surface area contributed by atoms with E-state index in [4.69, 9.17) is 10.5 Å². The molecule has 4 heteroatoms. The van der Waals surface area contributed by atoms with Crippen LogP contribution in [0.25, 0.3) is 0 Å². The Labute approximate surface area is 108 Å². The molecule has 1 saturated carbocycles. The average molecular weight is 248 g/mol. The monoisotopic (exact) mass is 248 g/mol. The minimum atomic E-state index is 0.168. The van der Waals surface area contributed by atoms with Gasteiger partial charge < -0.3 is 15.8 Å². The Morgan fingerprint density at radius 1 is 1.44 bits per heavy atom. The fourth-order valence-electron chi connectivity index (χ4n) is 2.42. The number of amides is 1. The number of carbonyl (C=O) groups is 1. The van der Waals surface area contributed by atoms with E-state index in [1.165, 1.54) is 12.8 Å². The van der Waals surface area contributed by atoms with Gasteiger partial charge in [0.15, 0.2) is 0 Å². The second kappa shape index (κ2) is 5.76. The lowest BCUT2D eigenvalue weighted by Crippen LogP contribution is -2.28. The highest BCUT2D eigenvalue weighted by Gasteiger charge is 2.22. The summed E-state index contributed by atoms with van der Waals surface area (Å²) in [6.45, 7) is 0.531. The van der Waals surface area contributed by atoms with E-state index in [2.05, 4.69) is 5.32 Å². The molecule has 0 radical (unpaired) electrons. The molecule has 0 atom stereocenters. The van der Waals surface area contributed by atoms with Crippen LogP contribution in [0.3, 0.4) is 0 Å². The molecule has 2 rings (SSSR count). The summed E-state index contributed by atoms with van der Waals surface area (Å²) in [5.41, 5.74) is 7.42. The Balaban J connectivity index is 1.89. The number of nitrogens with one attached hydrogen (secondary N) is 1. The minimum absolute atomic E-state index is 0.168. The Morgan fingerprint density at radius 2 is 2.17 bits per heavy atom. The molecule has 1 aliphatic carbocycles. The van der Waals surface area contributed by atoms with Crippen molar-refractivity contribution in [1.82, 2.24) is 5.32 Å². The van der Waals surface area contributed by atoms with E-state index in [-0.39, 0.29) is 11.8 Å². The zero-order valence-corrected chi connectivity index (χ0v) is 10.7. The van der Waals surface area contributed by atoms with Crippen LogP contribution < -0.4 is 15.8 Å². The first-order chi connectivity index (χ1) is 8.70. The predicted molar refractivity (Wildman–Crippen MR) is 71.2 cm³/mol. The highest BCUT2D eigenvalue weighted by Crippen LogP contribution is 2.25. The molecule has 0 unspecified atom stereocenters. The normalized spacial score (nSPS) is 15.6. The number of carbonyl (C=O) groups excluding carboxylic acids is 1. The first-order valence-electron chi connectivity index (χ1n) is 6.41. The highest BCUT2D eigenvalue weighted by molar-refractivity contribution is 5.78. The minimum Gasteiger partial charge on any atom is -0.495 e. The second-order valence-electron chi connectivity index (χ2n) is 4.78. The van der Waals surface area contributed by atoms with E-state index in [0.717, 1.165) is 18.4 Å². The number of methoxy groups -OCH3 is 1. The number of hydrogen-bond donors (Lipinski definition) is 2. The van der Waals surface area contributed by atoms with Crippen LogP contribution in [0.1, 0.15) is 31.2 Å². The van der Waals surface area contributed by atoms with Crippen LogP contribution in [0, 0.1) is 5.92 Å². The van der Waals surface area contributed by atoms with E-state index >= 15 is 0 Å². The van der Waals surface area contributed by atoms with Crippen molar-refractivity contribution in [3.8, 4) is 5.75 Å². The molecule has 0 aliphatic heterocycles. The molecule has 3 N–H and O–H groups in total. The molecule has 1 aromatic carbocycles. The molecular formula is C14H20N2O2. The first kappa shape index (κ1) is 12.7. The van der Waals surface area contributed by atoms with Crippen molar-refractivity contribution in [2.75, 3.05) is 12.8 Å². The van der Waals surface area contributed by atoms with E-state index < -0.39 is 0 Å². The Morgan fingerprint density at radius 3 is 2.78 bits per heavy atom. The third kappa shape index (κ3) is 2.94. The van der Waals surface area contributed by atoms with Gasteiger partial charge in [0.1, 0.15) is 5.75 Å². The molecule has 4 nitrogen and oxygen atoms in total. The average Bonchev–Trinajstić information content (AvgIpc) is 2.90. The van der Waals surface area contributed by atoms with Gasteiger partial charge in [-0.1, -0.05) is 18.9 Å². The molecule has 1 aromatic rings. The molecule has 0 aromatic heterocycles. The summed E-state index contributed by atoms with van der Waals surface area (Å²) in [6, 6.07) is 5.59. The van der Waals surface area contributed by atoms with Crippen molar-refractivity contribution in [1.29, 1.82) is 0 Å².